The van der Waals surface area contributed by atoms with E-state index in [2.05, 4.69) is 5.16 Å². The van der Waals surface area contributed by atoms with Crippen molar-refractivity contribution in [3.63, 3.8) is 0 Å². The lowest BCUT2D eigenvalue weighted by Gasteiger charge is -1.98. The topological polar surface area (TPSA) is 32.6 Å². The molecule has 5 heteroatoms. The smallest absolute Gasteiger partial charge is 0.178 e. The van der Waals surface area contributed by atoms with Crippen LogP contribution in [0.2, 0.25) is 0 Å². The molecule has 0 aliphatic rings. The second kappa shape index (κ2) is 3.49. The van der Waals surface area contributed by atoms with Gasteiger partial charge in [-0.25, -0.2) is 8.78 Å². The van der Waals surface area contributed by atoms with Crippen LogP contribution in [-0.2, 0) is 0 Å². The van der Waals surface area contributed by atoms with Crippen LogP contribution in [0, 0.1) is 11.6 Å². The molecule has 1 rings (SSSR count). The molecule has 1 N–H and O–H groups in total. The first-order valence-corrected chi connectivity index (χ1v) is 3.36. The third-order valence-electron chi connectivity index (χ3n) is 1.26. The largest absolute Gasteiger partial charge is 0.410 e. The number of halogens is 3. The number of hydrogen-bond donors (Lipinski definition) is 1. The first-order chi connectivity index (χ1) is 5.66. The summed E-state index contributed by atoms with van der Waals surface area (Å²) in [6.45, 7) is 0. The molecule has 0 bridgehead atoms. The van der Waals surface area contributed by atoms with E-state index in [4.69, 9.17) is 16.8 Å². The molecular formula is C7H4ClF2NO. The first kappa shape index (κ1) is 8.93. The summed E-state index contributed by atoms with van der Waals surface area (Å²) < 4.78 is 25.3. The van der Waals surface area contributed by atoms with Gasteiger partial charge in [0.15, 0.2) is 16.8 Å². The van der Waals surface area contributed by atoms with E-state index < -0.39 is 16.8 Å². The summed E-state index contributed by atoms with van der Waals surface area (Å²) in [7, 11) is 0. The van der Waals surface area contributed by atoms with E-state index in [1.807, 2.05) is 0 Å². The minimum absolute atomic E-state index is 0.265. The monoisotopic (exact) mass is 191 g/mol. The molecule has 0 aromatic heterocycles. The maximum absolute atomic E-state index is 12.8. The summed E-state index contributed by atoms with van der Waals surface area (Å²) in [6.07, 6.45) is 0. The van der Waals surface area contributed by atoms with Gasteiger partial charge in [0.05, 0.1) is 5.56 Å². The van der Waals surface area contributed by atoms with Gasteiger partial charge in [-0.2, -0.15) is 0 Å². The number of hydrogen-bond acceptors (Lipinski definition) is 2. The lowest BCUT2D eigenvalue weighted by atomic mass is 10.2. The Kier molecular flexibility index (Phi) is 2.60. The van der Waals surface area contributed by atoms with E-state index in [9.17, 15) is 8.78 Å². The maximum Gasteiger partial charge on any atom is 0.178 e. The Morgan fingerprint density at radius 1 is 1.42 bits per heavy atom. The zero-order valence-electron chi connectivity index (χ0n) is 5.76. The van der Waals surface area contributed by atoms with Gasteiger partial charge in [0.1, 0.15) is 0 Å². The van der Waals surface area contributed by atoms with Crippen molar-refractivity contribution in [2.45, 2.75) is 0 Å². The fourth-order valence-corrected chi connectivity index (χ4v) is 0.863. The van der Waals surface area contributed by atoms with Crippen LogP contribution < -0.4 is 0 Å². The van der Waals surface area contributed by atoms with Gasteiger partial charge >= 0.3 is 0 Å². The lowest BCUT2D eigenvalue weighted by molar-refractivity contribution is 0.320. The van der Waals surface area contributed by atoms with Crippen molar-refractivity contribution in [2.24, 2.45) is 5.16 Å². The Morgan fingerprint density at radius 3 is 2.67 bits per heavy atom. The van der Waals surface area contributed by atoms with Crippen molar-refractivity contribution in [2.75, 3.05) is 0 Å². The lowest BCUT2D eigenvalue weighted by Crippen LogP contribution is -1.98. The molecular weight excluding hydrogens is 188 g/mol. The Balaban J connectivity index is 3.26. The van der Waals surface area contributed by atoms with Crippen LogP contribution in [0.5, 0.6) is 0 Å². The minimum Gasteiger partial charge on any atom is -0.410 e. The fourth-order valence-electron chi connectivity index (χ4n) is 0.717. The van der Waals surface area contributed by atoms with Crippen LogP contribution >= 0.6 is 11.6 Å². The number of nitrogens with zero attached hydrogens (tertiary/aromatic N) is 1. The van der Waals surface area contributed by atoms with Gasteiger partial charge < -0.3 is 5.21 Å². The highest BCUT2D eigenvalue weighted by atomic mass is 35.5. The molecule has 2 nitrogen and oxygen atoms in total. The van der Waals surface area contributed by atoms with Gasteiger partial charge in [-0.05, 0) is 12.1 Å². The van der Waals surface area contributed by atoms with E-state index in [0.29, 0.717) is 0 Å². The standard InChI is InChI=1S/C7H4ClF2NO/c8-7(11-12)4-2-1-3-5(9)6(4)10/h1-3,12H. The van der Waals surface area contributed by atoms with Crippen molar-refractivity contribution in [3.05, 3.63) is 35.4 Å². The summed E-state index contributed by atoms with van der Waals surface area (Å²) in [4.78, 5) is 0. The SMILES string of the molecule is ON=C(Cl)c1cccc(F)c1F. The normalized spacial score (nSPS) is 11.8. The van der Waals surface area contributed by atoms with Crippen LogP contribution in [0.15, 0.2) is 23.4 Å². The minimum atomic E-state index is -1.12. The maximum atomic E-state index is 12.8. The molecule has 0 amide bonds. The molecule has 0 fully saturated rings. The van der Waals surface area contributed by atoms with Crippen LogP contribution in [0.4, 0.5) is 8.78 Å². The van der Waals surface area contributed by atoms with Crippen molar-refractivity contribution in [1.29, 1.82) is 0 Å². The Morgan fingerprint density at radius 2 is 2.08 bits per heavy atom. The van der Waals surface area contributed by atoms with E-state index in [1.165, 1.54) is 12.1 Å². The molecule has 0 aliphatic carbocycles. The van der Waals surface area contributed by atoms with Crippen molar-refractivity contribution < 1.29 is 14.0 Å². The van der Waals surface area contributed by atoms with Crippen LogP contribution in [0.3, 0.4) is 0 Å². The molecule has 0 unspecified atom stereocenters. The summed E-state index contributed by atoms with van der Waals surface area (Å²) >= 11 is 5.26. The highest BCUT2D eigenvalue weighted by molar-refractivity contribution is 6.69. The van der Waals surface area contributed by atoms with Crippen LogP contribution in [0.25, 0.3) is 0 Å². The molecule has 0 radical (unpaired) electrons. The molecule has 0 aliphatic heterocycles. The average Bonchev–Trinajstić information content (AvgIpc) is 2.08. The molecule has 12 heavy (non-hydrogen) atoms. The van der Waals surface area contributed by atoms with Gasteiger partial charge in [0.2, 0.25) is 0 Å². The number of oxime groups is 1. The molecule has 64 valence electrons. The van der Waals surface area contributed by atoms with Crippen LogP contribution in [0.1, 0.15) is 5.56 Å². The van der Waals surface area contributed by atoms with Crippen molar-refractivity contribution in [1.82, 2.24) is 0 Å². The summed E-state index contributed by atoms with van der Waals surface area (Å²) in [5.41, 5.74) is -0.265. The third-order valence-corrected chi connectivity index (χ3v) is 1.54. The second-order valence-electron chi connectivity index (χ2n) is 1.99. The number of rotatable bonds is 1. The molecule has 0 saturated heterocycles. The van der Waals surface area contributed by atoms with Gasteiger partial charge in [-0.3, -0.25) is 0 Å². The van der Waals surface area contributed by atoms with Gasteiger partial charge in [0.25, 0.3) is 0 Å². The summed E-state index contributed by atoms with van der Waals surface area (Å²) in [5.74, 6) is -2.16. The molecule has 1 aromatic carbocycles. The van der Waals surface area contributed by atoms with E-state index in [0.717, 1.165) is 6.07 Å². The Hall–Kier alpha value is -1.16. The van der Waals surface area contributed by atoms with Gasteiger partial charge in [0, 0.05) is 0 Å². The molecule has 0 spiro atoms. The molecule has 0 atom stereocenters. The van der Waals surface area contributed by atoms with Gasteiger partial charge in [-0.15, -0.1) is 0 Å². The van der Waals surface area contributed by atoms with E-state index >= 15 is 0 Å². The molecule has 0 heterocycles. The van der Waals surface area contributed by atoms with Crippen LogP contribution in [-0.4, -0.2) is 10.4 Å². The zero-order valence-corrected chi connectivity index (χ0v) is 6.52. The third kappa shape index (κ3) is 1.53. The number of benzene rings is 1. The Labute approximate surface area is 72.1 Å². The van der Waals surface area contributed by atoms with E-state index in [-0.39, 0.29) is 5.56 Å². The van der Waals surface area contributed by atoms with Crippen molar-refractivity contribution in [3.8, 4) is 0 Å². The highest BCUT2D eigenvalue weighted by Gasteiger charge is 2.11. The second-order valence-corrected chi connectivity index (χ2v) is 2.35. The summed E-state index contributed by atoms with van der Waals surface area (Å²) in [5, 5.41) is 10.2. The fraction of sp³-hybridized carbons (Fsp3) is 0. The zero-order chi connectivity index (χ0) is 9.14. The highest BCUT2D eigenvalue weighted by Crippen LogP contribution is 2.13. The van der Waals surface area contributed by atoms with E-state index in [1.54, 1.807) is 0 Å². The molecule has 1 aromatic rings. The van der Waals surface area contributed by atoms with Crippen molar-refractivity contribution >= 4 is 16.8 Å². The predicted molar refractivity (Wildman–Crippen MR) is 40.5 cm³/mol. The molecule has 0 saturated carbocycles. The first-order valence-electron chi connectivity index (χ1n) is 2.98. The summed E-state index contributed by atoms with van der Waals surface area (Å²) in [6, 6.07) is 3.42. The predicted octanol–water partition coefficient (Wildman–Crippen LogP) is 2.34. The average molecular weight is 192 g/mol. The quantitative estimate of drug-likeness (QED) is 0.413. The Bertz CT molecular complexity index is 327. The van der Waals surface area contributed by atoms with Gasteiger partial charge in [-0.1, -0.05) is 22.8 Å².